The summed E-state index contributed by atoms with van der Waals surface area (Å²) in [4.78, 5) is 7.15. The van der Waals surface area contributed by atoms with E-state index in [4.69, 9.17) is 16.6 Å². The molecule has 2 nitrogen and oxygen atoms in total. The molecule has 4 rings (SSSR count). The van der Waals surface area contributed by atoms with Gasteiger partial charge in [0.25, 0.3) is 0 Å². The summed E-state index contributed by atoms with van der Waals surface area (Å²) in [5.74, 6) is 1.78. The second-order valence-corrected chi connectivity index (χ2v) is 5.04. The van der Waals surface area contributed by atoms with Crippen LogP contribution in [0.3, 0.4) is 0 Å². The van der Waals surface area contributed by atoms with Gasteiger partial charge in [-0.05, 0) is 18.6 Å². The molecular weight excluding hydrogens is 220 g/mol. The zero-order chi connectivity index (χ0) is 10.7. The van der Waals surface area contributed by atoms with E-state index in [0.717, 1.165) is 17.3 Å². The highest BCUT2D eigenvalue weighted by Gasteiger charge is 2.41. The Morgan fingerprint density at radius 3 is 3.19 bits per heavy atom. The summed E-state index contributed by atoms with van der Waals surface area (Å²) in [7, 11) is 0. The molecule has 0 saturated carbocycles. The van der Waals surface area contributed by atoms with Crippen molar-refractivity contribution >= 4 is 23.1 Å². The predicted octanol–water partition coefficient (Wildman–Crippen LogP) is 3.14. The minimum absolute atomic E-state index is 0.539. The highest BCUT2D eigenvalue weighted by molar-refractivity contribution is 6.31. The molecule has 2 aliphatic heterocycles. The topological polar surface area (TPSA) is 15.6 Å². The third kappa shape index (κ3) is 1.00. The number of hydrogen-bond acceptors (Lipinski definition) is 2. The van der Waals surface area contributed by atoms with E-state index in [2.05, 4.69) is 23.1 Å². The molecule has 80 valence electrons. The van der Waals surface area contributed by atoms with Crippen LogP contribution in [-0.2, 0) is 6.54 Å². The van der Waals surface area contributed by atoms with E-state index in [0.29, 0.717) is 12.0 Å². The molecule has 2 bridgehead atoms. The van der Waals surface area contributed by atoms with Crippen molar-refractivity contribution in [3.63, 3.8) is 0 Å². The molecule has 3 heteroatoms. The number of amidine groups is 1. The van der Waals surface area contributed by atoms with Crippen molar-refractivity contribution < 1.29 is 0 Å². The first-order chi connectivity index (χ1) is 7.83. The lowest BCUT2D eigenvalue weighted by molar-refractivity contribution is 0.378. The molecular formula is C13H11ClN2. The standard InChI is InChI=1S/C13H11ClN2/c14-11-2-1-3-12-10(11)7-16-9-5-4-8(6-9)13(16)15-12/h1-5,8-9H,6-7H2. The molecule has 0 spiro atoms. The summed E-state index contributed by atoms with van der Waals surface area (Å²) in [6.45, 7) is 0.916. The first kappa shape index (κ1) is 8.82. The van der Waals surface area contributed by atoms with Crippen LogP contribution in [0.1, 0.15) is 12.0 Å². The molecule has 1 fully saturated rings. The maximum Gasteiger partial charge on any atom is 0.113 e. The lowest BCUT2D eigenvalue weighted by Gasteiger charge is -2.31. The van der Waals surface area contributed by atoms with Crippen molar-refractivity contribution in [3.8, 4) is 0 Å². The molecule has 0 N–H and O–H groups in total. The van der Waals surface area contributed by atoms with Crippen LogP contribution in [0.25, 0.3) is 0 Å². The minimum atomic E-state index is 0.539. The van der Waals surface area contributed by atoms with Gasteiger partial charge in [-0.15, -0.1) is 0 Å². The second-order valence-electron chi connectivity index (χ2n) is 4.63. The highest BCUT2D eigenvalue weighted by atomic mass is 35.5. The quantitative estimate of drug-likeness (QED) is 0.626. The van der Waals surface area contributed by atoms with Gasteiger partial charge in [0.1, 0.15) is 5.84 Å². The zero-order valence-electron chi connectivity index (χ0n) is 8.73. The summed E-state index contributed by atoms with van der Waals surface area (Å²) >= 11 is 6.22. The monoisotopic (exact) mass is 230 g/mol. The van der Waals surface area contributed by atoms with Crippen LogP contribution in [0.4, 0.5) is 5.69 Å². The van der Waals surface area contributed by atoms with Gasteiger partial charge in [-0.2, -0.15) is 0 Å². The van der Waals surface area contributed by atoms with Crippen molar-refractivity contribution in [2.75, 3.05) is 0 Å². The molecule has 1 aromatic carbocycles. The summed E-state index contributed by atoms with van der Waals surface area (Å²) in [6, 6.07) is 6.53. The Morgan fingerprint density at radius 2 is 2.25 bits per heavy atom. The normalized spacial score (nSPS) is 29.1. The number of fused-ring (bicyclic) bond motifs is 6. The Kier molecular flexibility index (Phi) is 1.59. The van der Waals surface area contributed by atoms with E-state index in [1.165, 1.54) is 17.8 Å². The summed E-state index contributed by atoms with van der Waals surface area (Å²) < 4.78 is 0. The smallest absolute Gasteiger partial charge is 0.113 e. The number of nitrogens with zero attached hydrogens (tertiary/aromatic N) is 2. The summed E-state index contributed by atoms with van der Waals surface area (Å²) in [6.07, 6.45) is 5.78. The fourth-order valence-corrected chi connectivity index (χ4v) is 3.16. The van der Waals surface area contributed by atoms with Crippen LogP contribution in [0.2, 0.25) is 5.02 Å². The third-order valence-corrected chi connectivity index (χ3v) is 4.10. The van der Waals surface area contributed by atoms with E-state index >= 15 is 0 Å². The second kappa shape index (κ2) is 2.89. The highest BCUT2D eigenvalue weighted by Crippen LogP contribution is 2.41. The number of halogens is 1. The molecule has 1 aliphatic carbocycles. The Morgan fingerprint density at radius 1 is 1.31 bits per heavy atom. The van der Waals surface area contributed by atoms with Crippen LogP contribution in [0.5, 0.6) is 0 Å². The van der Waals surface area contributed by atoms with Gasteiger partial charge < -0.3 is 4.90 Å². The number of rotatable bonds is 0. The predicted molar refractivity (Wildman–Crippen MR) is 65.1 cm³/mol. The van der Waals surface area contributed by atoms with Crippen LogP contribution in [-0.4, -0.2) is 16.8 Å². The van der Waals surface area contributed by atoms with Crippen LogP contribution in [0.15, 0.2) is 35.3 Å². The SMILES string of the molecule is Clc1cccc2c1CN1C(=N2)C2C=CC1C2. The molecule has 2 atom stereocenters. The van der Waals surface area contributed by atoms with Crippen LogP contribution in [0, 0.1) is 5.92 Å². The maximum absolute atomic E-state index is 6.22. The fourth-order valence-electron chi connectivity index (χ4n) is 2.93. The van der Waals surface area contributed by atoms with Crippen molar-refractivity contribution in [1.29, 1.82) is 0 Å². The molecule has 0 radical (unpaired) electrons. The van der Waals surface area contributed by atoms with Gasteiger partial charge in [0, 0.05) is 29.1 Å². The Labute approximate surface area is 99.2 Å². The molecule has 3 aliphatic rings. The van der Waals surface area contributed by atoms with Gasteiger partial charge in [-0.1, -0.05) is 29.8 Å². The van der Waals surface area contributed by atoms with Crippen molar-refractivity contribution in [3.05, 3.63) is 40.9 Å². The van der Waals surface area contributed by atoms with Gasteiger partial charge in [0.05, 0.1) is 5.69 Å². The lowest BCUT2D eigenvalue weighted by Crippen LogP contribution is -2.36. The first-order valence-corrected chi connectivity index (χ1v) is 6.01. The average molecular weight is 231 g/mol. The lowest BCUT2D eigenvalue weighted by atomic mass is 10.1. The zero-order valence-corrected chi connectivity index (χ0v) is 9.48. The van der Waals surface area contributed by atoms with E-state index in [1.807, 2.05) is 12.1 Å². The largest absolute Gasteiger partial charge is 0.349 e. The molecule has 2 unspecified atom stereocenters. The van der Waals surface area contributed by atoms with Crippen molar-refractivity contribution in [1.82, 2.24) is 4.90 Å². The van der Waals surface area contributed by atoms with E-state index in [-0.39, 0.29) is 0 Å². The van der Waals surface area contributed by atoms with Crippen LogP contribution < -0.4 is 0 Å². The molecule has 0 amide bonds. The summed E-state index contributed by atoms with van der Waals surface area (Å²) in [5.41, 5.74) is 2.23. The Hall–Kier alpha value is -1.28. The molecule has 1 saturated heterocycles. The van der Waals surface area contributed by atoms with Gasteiger partial charge in [-0.25, -0.2) is 4.99 Å². The van der Waals surface area contributed by atoms with Gasteiger partial charge in [0.15, 0.2) is 0 Å². The van der Waals surface area contributed by atoms with Crippen molar-refractivity contribution in [2.45, 2.75) is 19.0 Å². The van der Waals surface area contributed by atoms with Crippen molar-refractivity contribution in [2.24, 2.45) is 10.9 Å². The Bertz CT molecular complexity index is 533. The van der Waals surface area contributed by atoms with Gasteiger partial charge in [0.2, 0.25) is 0 Å². The van der Waals surface area contributed by atoms with E-state index < -0.39 is 0 Å². The third-order valence-electron chi connectivity index (χ3n) is 3.74. The van der Waals surface area contributed by atoms with E-state index in [9.17, 15) is 0 Å². The van der Waals surface area contributed by atoms with Gasteiger partial charge >= 0.3 is 0 Å². The number of aliphatic imine (C=N–C) groups is 1. The maximum atomic E-state index is 6.22. The molecule has 0 aromatic heterocycles. The van der Waals surface area contributed by atoms with E-state index in [1.54, 1.807) is 0 Å². The van der Waals surface area contributed by atoms with Crippen LogP contribution >= 0.6 is 11.6 Å². The van der Waals surface area contributed by atoms with Gasteiger partial charge in [-0.3, -0.25) is 0 Å². The summed E-state index contributed by atoms with van der Waals surface area (Å²) in [5, 5.41) is 0.840. The number of hydrogen-bond donors (Lipinski definition) is 0. The fraction of sp³-hybridized carbons (Fsp3) is 0.308. The number of benzene rings is 1. The Balaban J connectivity index is 1.90. The molecule has 2 heterocycles. The molecule has 1 aromatic rings. The first-order valence-electron chi connectivity index (χ1n) is 5.64. The molecule has 16 heavy (non-hydrogen) atoms. The average Bonchev–Trinajstić information content (AvgIpc) is 2.88. The minimum Gasteiger partial charge on any atom is -0.349 e.